The highest BCUT2D eigenvalue weighted by atomic mass is 32.1. The van der Waals surface area contributed by atoms with Crippen molar-refractivity contribution in [2.45, 2.75) is 13.1 Å². The number of rotatable bonds is 7. The van der Waals surface area contributed by atoms with Crippen LogP contribution in [0.4, 0.5) is 0 Å². The first-order valence-electron chi connectivity index (χ1n) is 5.94. The molecule has 0 radical (unpaired) electrons. The molecule has 0 amide bonds. The molecular weight excluding hydrogens is 246 g/mol. The van der Waals surface area contributed by atoms with E-state index in [0.717, 1.165) is 18.8 Å². The Hall–Kier alpha value is -1.36. The maximum absolute atomic E-state index is 8.65. The number of thiophene rings is 1. The molecule has 0 aliphatic rings. The molecule has 18 heavy (non-hydrogen) atoms. The summed E-state index contributed by atoms with van der Waals surface area (Å²) in [5.74, 6) is 0.797. The first-order valence-corrected chi connectivity index (χ1v) is 6.82. The van der Waals surface area contributed by atoms with Gasteiger partial charge in [0.1, 0.15) is 12.4 Å². The number of benzene rings is 1. The lowest BCUT2D eigenvalue weighted by atomic mass is 10.2. The minimum atomic E-state index is 0.0458. The predicted octanol–water partition coefficient (Wildman–Crippen LogP) is 2.41. The Labute approximate surface area is 111 Å². The summed E-state index contributed by atoms with van der Waals surface area (Å²) in [4.78, 5) is 1.35. The van der Waals surface area contributed by atoms with E-state index in [2.05, 4.69) is 22.8 Å². The van der Waals surface area contributed by atoms with Gasteiger partial charge in [-0.3, -0.25) is 0 Å². The molecule has 1 heterocycles. The van der Waals surface area contributed by atoms with Crippen LogP contribution in [0.25, 0.3) is 0 Å². The molecule has 0 spiro atoms. The number of hydrogen-bond acceptors (Lipinski definition) is 4. The van der Waals surface area contributed by atoms with Crippen LogP contribution in [0.2, 0.25) is 0 Å². The average molecular weight is 263 g/mol. The quantitative estimate of drug-likeness (QED) is 0.806. The molecule has 2 aromatic rings. The Kier molecular flexibility index (Phi) is 5.20. The summed E-state index contributed by atoms with van der Waals surface area (Å²) >= 11 is 1.76. The van der Waals surface area contributed by atoms with Crippen LogP contribution in [0.3, 0.4) is 0 Å². The molecule has 2 rings (SSSR count). The van der Waals surface area contributed by atoms with Crippen molar-refractivity contribution in [2.24, 2.45) is 0 Å². The number of aliphatic hydroxyl groups excluding tert-OH is 1. The SMILES string of the molecule is OCCOc1ccc(CNCc2cccs2)cc1. The topological polar surface area (TPSA) is 41.5 Å². The van der Waals surface area contributed by atoms with Gasteiger partial charge in [0.2, 0.25) is 0 Å². The summed E-state index contributed by atoms with van der Waals surface area (Å²) in [6, 6.07) is 12.1. The van der Waals surface area contributed by atoms with Gasteiger partial charge in [-0.15, -0.1) is 11.3 Å². The third-order valence-corrected chi connectivity index (χ3v) is 3.37. The van der Waals surface area contributed by atoms with E-state index in [1.165, 1.54) is 10.4 Å². The van der Waals surface area contributed by atoms with Gasteiger partial charge in [0.15, 0.2) is 0 Å². The van der Waals surface area contributed by atoms with E-state index < -0.39 is 0 Å². The maximum atomic E-state index is 8.65. The molecule has 3 nitrogen and oxygen atoms in total. The summed E-state index contributed by atoms with van der Waals surface area (Å²) in [5, 5.41) is 14.1. The van der Waals surface area contributed by atoms with Crippen molar-refractivity contribution in [1.82, 2.24) is 5.32 Å². The van der Waals surface area contributed by atoms with Crippen molar-refractivity contribution in [2.75, 3.05) is 13.2 Å². The van der Waals surface area contributed by atoms with E-state index in [1.807, 2.05) is 24.3 Å². The Morgan fingerprint density at radius 1 is 1.11 bits per heavy atom. The summed E-state index contributed by atoms with van der Waals surface area (Å²) < 4.78 is 5.30. The lowest BCUT2D eigenvalue weighted by molar-refractivity contribution is 0.201. The van der Waals surface area contributed by atoms with Crippen molar-refractivity contribution in [3.05, 3.63) is 52.2 Å². The molecule has 0 bridgehead atoms. The second-order valence-corrected chi connectivity index (χ2v) is 4.93. The predicted molar refractivity (Wildman–Crippen MR) is 73.9 cm³/mol. The molecule has 0 atom stereocenters. The number of hydrogen-bond donors (Lipinski definition) is 2. The second kappa shape index (κ2) is 7.16. The van der Waals surface area contributed by atoms with E-state index >= 15 is 0 Å². The molecule has 0 saturated carbocycles. The van der Waals surface area contributed by atoms with Gasteiger partial charge < -0.3 is 15.2 Å². The van der Waals surface area contributed by atoms with E-state index in [1.54, 1.807) is 11.3 Å². The van der Waals surface area contributed by atoms with E-state index in [9.17, 15) is 0 Å². The van der Waals surface area contributed by atoms with Crippen LogP contribution in [-0.4, -0.2) is 18.3 Å². The largest absolute Gasteiger partial charge is 0.491 e. The van der Waals surface area contributed by atoms with Crippen molar-refractivity contribution in [3.63, 3.8) is 0 Å². The molecule has 0 unspecified atom stereocenters. The van der Waals surface area contributed by atoms with Gasteiger partial charge in [-0.05, 0) is 29.1 Å². The van der Waals surface area contributed by atoms with Gasteiger partial charge in [0.05, 0.1) is 6.61 Å². The summed E-state index contributed by atoms with van der Waals surface area (Å²) in [5.41, 5.74) is 1.22. The molecule has 0 aliphatic heterocycles. The second-order valence-electron chi connectivity index (χ2n) is 3.90. The third kappa shape index (κ3) is 4.14. The highest BCUT2D eigenvalue weighted by Gasteiger charge is 1.97. The van der Waals surface area contributed by atoms with Crippen LogP contribution in [0.5, 0.6) is 5.75 Å². The van der Waals surface area contributed by atoms with Gasteiger partial charge >= 0.3 is 0 Å². The fraction of sp³-hybridized carbons (Fsp3) is 0.286. The fourth-order valence-corrected chi connectivity index (χ4v) is 2.28. The highest BCUT2D eigenvalue weighted by molar-refractivity contribution is 7.09. The molecule has 0 saturated heterocycles. The molecule has 96 valence electrons. The molecule has 0 fully saturated rings. The zero-order valence-corrected chi connectivity index (χ0v) is 11.0. The van der Waals surface area contributed by atoms with Crippen molar-refractivity contribution >= 4 is 11.3 Å². The molecule has 1 aromatic heterocycles. The monoisotopic (exact) mass is 263 g/mol. The molecule has 0 aliphatic carbocycles. The average Bonchev–Trinajstić information content (AvgIpc) is 2.91. The Balaban J connectivity index is 1.75. The first kappa shape index (κ1) is 13.1. The van der Waals surface area contributed by atoms with Crippen LogP contribution >= 0.6 is 11.3 Å². The smallest absolute Gasteiger partial charge is 0.119 e. The minimum Gasteiger partial charge on any atom is -0.491 e. The third-order valence-electron chi connectivity index (χ3n) is 2.49. The number of ether oxygens (including phenoxy) is 1. The lowest BCUT2D eigenvalue weighted by Crippen LogP contribution is -2.11. The van der Waals surface area contributed by atoms with E-state index in [0.29, 0.717) is 6.61 Å². The molecular formula is C14H17NO2S. The Morgan fingerprint density at radius 3 is 2.61 bits per heavy atom. The summed E-state index contributed by atoms with van der Waals surface area (Å²) in [6.07, 6.45) is 0. The summed E-state index contributed by atoms with van der Waals surface area (Å²) in [6.45, 7) is 2.14. The first-order chi connectivity index (χ1) is 8.88. The highest BCUT2D eigenvalue weighted by Crippen LogP contribution is 2.12. The van der Waals surface area contributed by atoms with Crippen LogP contribution in [0.1, 0.15) is 10.4 Å². The Bertz CT molecular complexity index is 439. The maximum Gasteiger partial charge on any atom is 0.119 e. The zero-order chi connectivity index (χ0) is 12.6. The van der Waals surface area contributed by atoms with Crippen molar-refractivity contribution in [3.8, 4) is 5.75 Å². The minimum absolute atomic E-state index is 0.0458. The fourth-order valence-electron chi connectivity index (χ4n) is 1.61. The summed E-state index contributed by atoms with van der Waals surface area (Å²) in [7, 11) is 0. The zero-order valence-electron chi connectivity index (χ0n) is 10.1. The van der Waals surface area contributed by atoms with E-state index in [-0.39, 0.29) is 6.61 Å². The van der Waals surface area contributed by atoms with Crippen LogP contribution in [0.15, 0.2) is 41.8 Å². The standard InChI is InChI=1S/C14H17NO2S/c16-7-8-17-13-5-3-12(4-6-13)10-15-11-14-2-1-9-18-14/h1-6,9,15-16H,7-8,10-11H2. The van der Waals surface area contributed by atoms with Gasteiger partial charge in [0.25, 0.3) is 0 Å². The van der Waals surface area contributed by atoms with Gasteiger partial charge in [-0.2, -0.15) is 0 Å². The number of aliphatic hydroxyl groups is 1. The normalized spacial score (nSPS) is 10.5. The number of nitrogens with one attached hydrogen (secondary N) is 1. The van der Waals surface area contributed by atoms with Crippen molar-refractivity contribution < 1.29 is 9.84 Å². The van der Waals surface area contributed by atoms with Crippen molar-refractivity contribution in [1.29, 1.82) is 0 Å². The Morgan fingerprint density at radius 2 is 1.94 bits per heavy atom. The van der Waals surface area contributed by atoms with Crippen LogP contribution in [0, 0.1) is 0 Å². The van der Waals surface area contributed by atoms with Gasteiger partial charge in [0, 0.05) is 18.0 Å². The molecule has 4 heteroatoms. The lowest BCUT2D eigenvalue weighted by Gasteiger charge is -2.06. The molecule has 1 aromatic carbocycles. The van der Waals surface area contributed by atoms with Crippen LogP contribution < -0.4 is 10.1 Å². The molecule has 2 N–H and O–H groups in total. The van der Waals surface area contributed by atoms with Gasteiger partial charge in [-0.25, -0.2) is 0 Å². The van der Waals surface area contributed by atoms with E-state index in [4.69, 9.17) is 9.84 Å². The van der Waals surface area contributed by atoms with Gasteiger partial charge in [-0.1, -0.05) is 18.2 Å². The van der Waals surface area contributed by atoms with Crippen LogP contribution in [-0.2, 0) is 13.1 Å².